The summed E-state index contributed by atoms with van der Waals surface area (Å²) < 4.78 is 6.86. The summed E-state index contributed by atoms with van der Waals surface area (Å²) in [7, 11) is 0. The Morgan fingerprint density at radius 1 is 1.08 bits per heavy atom. The van der Waals surface area contributed by atoms with Crippen molar-refractivity contribution in [2.45, 2.75) is 52.1 Å². The molecule has 9 nitrogen and oxygen atoms in total. The highest BCUT2D eigenvalue weighted by Gasteiger charge is 2.37. The number of pyridine rings is 1. The summed E-state index contributed by atoms with van der Waals surface area (Å²) in [5.41, 5.74) is 1.77. The zero-order valence-corrected chi connectivity index (χ0v) is 21.0. The number of benzene rings is 1. The van der Waals surface area contributed by atoms with Crippen molar-refractivity contribution in [3.8, 4) is 0 Å². The predicted molar refractivity (Wildman–Crippen MR) is 136 cm³/mol. The first-order chi connectivity index (χ1) is 17.2. The quantitative estimate of drug-likeness (QED) is 0.575. The van der Waals surface area contributed by atoms with Crippen molar-refractivity contribution in [1.82, 2.24) is 14.8 Å². The standard InChI is InChI=1S/C27H34N4O5/c1-4-36-26(34)19-7-5-8-21(13-19)28-25(33)22(11-17(2)3)29-27(35)30-14-18-12-20(16-30)23-9-6-10-24(32)31(23)15-18/h5-10,13,17-18,20,22H,4,11-12,14-16H2,1-3H3,(H,28,33)(H,29,35). The van der Waals surface area contributed by atoms with E-state index in [0.29, 0.717) is 37.3 Å². The molecule has 2 bridgehead atoms. The number of nitrogens with zero attached hydrogens (tertiary/aromatic N) is 2. The number of carbonyl (C=O) groups is 3. The number of esters is 1. The van der Waals surface area contributed by atoms with E-state index in [1.54, 1.807) is 48.2 Å². The number of piperidine rings is 1. The number of ether oxygens (including phenoxy) is 1. The lowest BCUT2D eigenvalue weighted by molar-refractivity contribution is -0.118. The number of fused-ring (bicyclic) bond motifs is 4. The normalized spacial score (nSPS) is 19.3. The highest BCUT2D eigenvalue weighted by atomic mass is 16.5. The molecule has 1 fully saturated rings. The Bertz CT molecular complexity index is 1190. The van der Waals surface area contributed by atoms with Crippen LogP contribution in [0.4, 0.5) is 10.5 Å². The van der Waals surface area contributed by atoms with Crippen molar-refractivity contribution in [3.05, 3.63) is 64.1 Å². The number of rotatable bonds is 7. The smallest absolute Gasteiger partial charge is 0.338 e. The van der Waals surface area contributed by atoms with Crippen LogP contribution in [0.15, 0.2) is 47.3 Å². The zero-order chi connectivity index (χ0) is 25.8. The van der Waals surface area contributed by atoms with Crippen molar-refractivity contribution in [2.75, 3.05) is 25.0 Å². The van der Waals surface area contributed by atoms with Crippen molar-refractivity contribution < 1.29 is 19.1 Å². The van der Waals surface area contributed by atoms with Gasteiger partial charge in [0.05, 0.1) is 12.2 Å². The third-order valence-corrected chi connectivity index (χ3v) is 6.73. The van der Waals surface area contributed by atoms with Crippen LogP contribution < -0.4 is 16.2 Å². The molecule has 1 aromatic carbocycles. The molecule has 36 heavy (non-hydrogen) atoms. The molecule has 0 spiro atoms. The van der Waals surface area contributed by atoms with Crippen LogP contribution >= 0.6 is 0 Å². The average molecular weight is 495 g/mol. The van der Waals surface area contributed by atoms with Crippen LogP contribution in [0.25, 0.3) is 0 Å². The number of hydrogen-bond acceptors (Lipinski definition) is 5. The number of anilines is 1. The molecule has 3 amide bonds. The molecule has 2 aromatic rings. The fourth-order valence-electron chi connectivity index (χ4n) is 5.17. The molecule has 1 aromatic heterocycles. The fraction of sp³-hybridized carbons (Fsp3) is 0.481. The molecule has 1 saturated heterocycles. The van der Waals surface area contributed by atoms with E-state index < -0.39 is 12.0 Å². The molecule has 9 heteroatoms. The molecule has 0 aliphatic carbocycles. The highest BCUT2D eigenvalue weighted by molar-refractivity contribution is 5.98. The maximum absolute atomic E-state index is 13.3. The van der Waals surface area contributed by atoms with Gasteiger partial charge in [-0.3, -0.25) is 9.59 Å². The molecule has 0 saturated carbocycles. The third-order valence-electron chi connectivity index (χ3n) is 6.73. The monoisotopic (exact) mass is 494 g/mol. The number of aromatic nitrogens is 1. The molecule has 3 heterocycles. The summed E-state index contributed by atoms with van der Waals surface area (Å²) in [5.74, 6) is -0.330. The van der Waals surface area contributed by atoms with Crippen LogP contribution in [0.2, 0.25) is 0 Å². The lowest BCUT2D eigenvalue weighted by Gasteiger charge is -2.43. The van der Waals surface area contributed by atoms with Crippen LogP contribution in [-0.2, 0) is 16.1 Å². The molecule has 3 unspecified atom stereocenters. The molecule has 0 radical (unpaired) electrons. The van der Waals surface area contributed by atoms with E-state index in [1.807, 2.05) is 24.5 Å². The van der Waals surface area contributed by atoms with Crippen molar-refractivity contribution >= 4 is 23.6 Å². The van der Waals surface area contributed by atoms with Crippen molar-refractivity contribution in [2.24, 2.45) is 11.8 Å². The van der Waals surface area contributed by atoms with Gasteiger partial charge in [-0.2, -0.15) is 0 Å². The van der Waals surface area contributed by atoms with Gasteiger partial charge < -0.3 is 24.8 Å². The van der Waals surface area contributed by atoms with Gasteiger partial charge in [0.25, 0.3) is 5.56 Å². The Kier molecular flexibility index (Phi) is 7.76. The van der Waals surface area contributed by atoms with E-state index in [4.69, 9.17) is 4.74 Å². The summed E-state index contributed by atoms with van der Waals surface area (Å²) >= 11 is 0. The number of likely N-dealkylation sites (tertiary alicyclic amines) is 1. The molecular formula is C27H34N4O5. The molecule has 2 aliphatic rings. The molecule has 4 rings (SSSR count). The lowest BCUT2D eigenvalue weighted by Crippen LogP contribution is -2.55. The van der Waals surface area contributed by atoms with Crippen LogP contribution in [0.3, 0.4) is 0 Å². The van der Waals surface area contributed by atoms with E-state index in [0.717, 1.165) is 12.1 Å². The van der Waals surface area contributed by atoms with E-state index in [9.17, 15) is 19.2 Å². The average Bonchev–Trinajstić information content (AvgIpc) is 2.84. The summed E-state index contributed by atoms with van der Waals surface area (Å²) in [6.45, 7) is 7.63. The predicted octanol–water partition coefficient (Wildman–Crippen LogP) is 3.21. The second-order valence-corrected chi connectivity index (χ2v) is 10.0. The van der Waals surface area contributed by atoms with E-state index in [-0.39, 0.29) is 41.9 Å². The Hall–Kier alpha value is -3.62. The summed E-state index contributed by atoms with van der Waals surface area (Å²) in [5, 5.41) is 5.77. The van der Waals surface area contributed by atoms with Gasteiger partial charge in [0.15, 0.2) is 0 Å². The first-order valence-electron chi connectivity index (χ1n) is 12.6. The van der Waals surface area contributed by atoms with Gasteiger partial charge >= 0.3 is 12.0 Å². The van der Waals surface area contributed by atoms with E-state index >= 15 is 0 Å². The van der Waals surface area contributed by atoms with Gasteiger partial charge in [-0.25, -0.2) is 9.59 Å². The van der Waals surface area contributed by atoms with Gasteiger partial charge in [-0.1, -0.05) is 26.0 Å². The summed E-state index contributed by atoms with van der Waals surface area (Å²) in [6.07, 6.45) is 1.41. The number of amides is 3. The SMILES string of the molecule is CCOC(=O)c1cccc(NC(=O)C(CC(C)C)NC(=O)N2CC3CC(C2)c2cccc(=O)n2C3)c1. The number of nitrogens with one attached hydrogen (secondary N) is 2. The largest absolute Gasteiger partial charge is 0.462 e. The maximum atomic E-state index is 13.3. The summed E-state index contributed by atoms with van der Waals surface area (Å²) in [4.78, 5) is 52.5. The fourth-order valence-corrected chi connectivity index (χ4v) is 5.17. The van der Waals surface area contributed by atoms with Gasteiger partial charge in [0.1, 0.15) is 6.04 Å². The van der Waals surface area contributed by atoms with Crippen LogP contribution in [0.1, 0.15) is 55.6 Å². The molecule has 192 valence electrons. The molecular weight excluding hydrogens is 460 g/mol. The van der Waals surface area contributed by atoms with Crippen LogP contribution in [0, 0.1) is 11.8 Å². The van der Waals surface area contributed by atoms with Crippen LogP contribution in [-0.4, -0.2) is 53.1 Å². The minimum atomic E-state index is -0.736. The second-order valence-electron chi connectivity index (χ2n) is 10.0. The summed E-state index contributed by atoms with van der Waals surface area (Å²) in [6, 6.07) is 10.9. The number of urea groups is 1. The van der Waals surface area contributed by atoms with E-state index in [2.05, 4.69) is 10.6 Å². The topological polar surface area (TPSA) is 110 Å². The third kappa shape index (κ3) is 5.78. The van der Waals surface area contributed by atoms with E-state index in [1.165, 1.54) is 0 Å². The zero-order valence-electron chi connectivity index (χ0n) is 21.0. The Morgan fingerprint density at radius 2 is 1.86 bits per heavy atom. The minimum absolute atomic E-state index is 0.000737. The lowest BCUT2D eigenvalue weighted by atomic mass is 9.83. The molecule has 3 atom stereocenters. The number of hydrogen-bond donors (Lipinski definition) is 2. The first kappa shape index (κ1) is 25.5. The minimum Gasteiger partial charge on any atom is -0.462 e. The van der Waals surface area contributed by atoms with Gasteiger partial charge in [0.2, 0.25) is 5.91 Å². The second kappa shape index (κ2) is 11.0. The van der Waals surface area contributed by atoms with Gasteiger partial charge in [0, 0.05) is 43.0 Å². The Labute approximate surface area is 210 Å². The molecule has 2 N–H and O–H groups in total. The number of carbonyl (C=O) groups excluding carboxylic acids is 3. The van der Waals surface area contributed by atoms with Crippen molar-refractivity contribution in [3.63, 3.8) is 0 Å². The van der Waals surface area contributed by atoms with Gasteiger partial charge in [-0.05, 0) is 55.9 Å². The van der Waals surface area contributed by atoms with Crippen molar-refractivity contribution in [1.29, 1.82) is 0 Å². The molecule has 2 aliphatic heterocycles. The van der Waals surface area contributed by atoms with Gasteiger partial charge in [-0.15, -0.1) is 0 Å². The maximum Gasteiger partial charge on any atom is 0.338 e. The Morgan fingerprint density at radius 3 is 2.61 bits per heavy atom. The first-order valence-corrected chi connectivity index (χ1v) is 12.6. The Balaban J connectivity index is 1.44. The van der Waals surface area contributed by atoms with Crippen LogP contribution in [0.5, 0.6) is 0 Å². The highest BCUT2D eigenvalue weighted by Crippen LogP contribution is 2.35.